The van der Waals surface area contributed by atoms with Crippen LogP contribution in [0.5, 0.6) is 11.5 Å². The van der Waals surface area contributed by atoms with Crippen LogP contribution in [0.4, 0.5) is 0 Å². The highest BCUT2D eigenvalue weighted by Crippen LogP contribution is 2.32. The maximum Gasteiger partial charge on any atom is 0.231 e. The standard InChI is InChI=1S/C18H20N2O2/c1-2-9-20(16(5-1)15-4-3-8-19-11-15)12-14-6-7-17-18(10-14)22-13-21-17/h3-4,6-8,10-11,16H,1-2,5,9,12-13H2/p+1/t16-/m0/s1. The normalized spacial score (nSPS) is 23.5. The molecule has 4 heteroatoms. The Morgan fingerprint density at radius 2 is 2.09 bits per heavy atom. The summed E-state index contributed by atoms with van der Waals surface area (Å²) < 4.78 is 10.9. The fourth-order valence-corrected chi connectivity index (χ4v) is 3.59. The van der Waals surface area contributed by atoms with E-state index in [1.165, 1.54) is 36.9 Å². The highest BCUT2D eigenvalue weighted by Gasteiger charge is 2.28. The summed E-state index contributed by atoms with van der Waals surface area (Å²) in [6, 6.07) is 11.1. The molecule has 1 fully saturated rings. The third-order valence-corrected chi connectivity index (χ3v) is 4.69. The lowest BCUT2D eigenvalue weighted by molar-refractivity contribution is -0.950. The first-order valence-electron chi connectivity index (χ1n) is 8.03. The second-order valence-electron chi connectivity index (χ2n) is 6.11. The van der Waals surface area contributed by atoms with E-state index in [0.717, 1.165) is 18.0 Å². The van der Waals surface area contributed by atoms with Crippen molar-refractivity contribution in [3.63, 3.8) is 0 Å². The van der Waals surface area contributed by atoms with Gasteiger partial charge in [0.2, 0.25) is 6.79 Å². The molecule has 4 nitrogen and oxygen atoms in total. The predicted octanol–water partition coefficient (Wildman–Crippen LogP) is 2.12. The lowest BCUT2D eigenvalue weighted by Crippen LogP contribution is -3.11. The van der Waals surface area contributed by atoms with Gasteiger partial charge in [-0.25, -0.2) is 0 Å². The second-order valence-corrected chi connectivity index (χ2v) is 6.11. The molecule has 2 atom stereocenters. The molecule has 1 saturated heterocycles. The molecule has 0 radical (unpaired) electrons. The van der Waals surface area contributed by atoms with Crippen molar-refractivity contribution in [1.82, 2.24) is 4.98 Å². The summed E-state index contributed by atoms with van der Waals surface area (Å²) in [5.41, 5.74) is 2.67. The summed E-state index contributed by atoms with van der Waals surface area (Å²) in [5, 5.41) is 0. The minimum absolute atomic E-state index is 0.341. The molecule has 114 valence electrons. The van der Waals surface area contributed by atoms with Gasteiger partial charge in [-0.15, -0.1) is 0 Å². The third kappa shape index (κ3) is 2.66. The Hall–Kier alpha value is -2.07. The molecule has 2 aliphatic rings. The summed E-state index contributed by atoms with van der Waals surface area (Å²) in [7, 11) is 0. The van der Waals surface area contributed by atoms with Gasteiger partial charge in [-0.05, 0) is 37.1 Å². The van der Waals surface area contributed by atoms with E-state index in [0.29, 0.717) is 12.8 Å². The van der Waals surface area contributed by atoms with Gasteiger partial charge < -0.3 is 14.4 Å². The number of ether oxygens (including phenoxy) is 2. The average Bonchev–Trinajstić information content (AvgIpc) is 3.04. The van der Waals surface area contributed by atoms with Crippen LogP contribution in [0.15, 0.2) is 42.7 Å². The average molecular weight is 297 g/mol. The minimum Gasteiger partial charge on any atom is -0.454 e. The number of hydrogen-bond acceptors (Lipinski definition) is 3. The van der Waals surface area contributed by atoms with E-state index in [1.54, 1.807) is 4.90 Å². The van der Waals surface area contributed by atoms with Crippen LogP contribution in [0.2, 0.25) is 0 Å². The Balaban J connectivity index is 1.55. The predicted molar refractivity (Wildman–Crippen MR) is 82.9 cm³/mol. The number of piperidine rings is 1. The first-order valence-corrected chi connectivity index (χ1v) is 8.03. The zero-order valence-corrected chi connectivity index (χ0v) is 12.6. The number of likely N-dealkylation sites (tertiary alicyclic amines) is 1. The maximum atomic E-state index is 5.50. The van der Waals surface area contributed by atoms with Crippen LogP contribution in [-0.2, 0) is 6.54 Å². The summed E-state index contributed by atoms with van der Waals surface area (Å²) in [6.45, 7) is 2.58. The van der Waals surface area contributed by atoms with Crippen LogP contribution in [0.25, 0.3) is 0 Å². The molecule has 1 N–H and O–H groups in total. The van der Waals surface area contributed by atoms with Crippen LogP contribution < -0.4 is 14.4 Å². The maximum absolute atomic E-state index is 5.50. The van der Waals surface area contributed by atoms with E-state index < -0.39 is 0 Å². The number of aromatic nitrogens is 1. The number of nitrogens with one attached hydrogen (secondary N) is 1. The largest absolute Gasteiger partial charge is 0.454 e. The van der Waals surface area contributed by atoms with E-state index in [9.17, 15) is 0 Å². The van der Waals surface area contributed by atoms with Crippen LogP contribution in [0.3, 0.4) is 0 Å². The molecule has 1 aromatic heterocycles. The Bertz CT molecular complexity index is 645. The molecule has 0 aliphatic carbocycles. The lowest BCUT2D eigenvalue weighted by atomic mass is 9.96. The minimum atomic E-state index is 0.341. The highest BCUT2D eigenvalue weighted by molar-refractivity contribution is 5.44. The van der Waals surface area contributed by atoms with Gasteiger partial charge in [-0.3, -0.25) is 4.98 Å². The van der Waals surface area contributed by atoms with Crippen molar-refractivity contribution < 1.29 is 14.4 Å². The van der Waals surface area contributed by atoms with E-state index >= 15 is 0 Å². The first kappa shape index (κ1) is 13.6. The molecular formula is C18H21N2O2+. The fraction of sp³-hybridized carbons (Fsp3) is 0.389. The summed E-state index contributed by atoms with van der Waals surface area (Å²) in [5.74, 6) is 1.74. The van der Waals surface area contributed by atoms with Crippen molar-refractivity contribution in [2.45, 2.75) is 31.8 Å². The molecular weight excluding hydrogens is 276 g/mol. The van der Waals surface area contributed by atoms with E-state index in [4.69, 9.17) is 9.47 Å². The van der Waals surface area contributed by atoms with Gasteiger partial charge >= 0.3 is 0 Å². The number of quaternary nitrogens is 1. The SMILES string of the molecule is c1cncc([C@@H]2CCCC[NH+]2Cc2ccc3c(c2)OCO3)c1. The summed E-state index contributed by atoms with van der Waals surface area (Å²) >= 11 is 0. The van der Waals surface area contributed by atoms with E-state index in [2.05, 4.69) is 23.2 Å². The first-order chi connectivity index (χ1) is 10.9. The fourth-order valence-electron chi connectivity index (χ4n) is 3.59. The molecule has 1 unspecified atom stereocenters. The van der Waals surface area contributed by atoms with Crippen LogP contribution in [0.1, 0.15) is 36.4 Å². The number of fused-ring (bicyclic) bond motifs is 1. The summed E-state index contributed by atoms with van der Waals surface area (Å²) in [6.07, 6.45) is 7.73. The Labute approximate surface area is 130 Å². The Kier molecular flexibility index (Phi) is 3.69. The van der Waals surface area contributed by atoms with Crippen molar-refractivity contribution in [2.75, 3.05) is 13.3 Å². The summed E-state index contributed by atoms with van der Waals surface area (Å²) in [4.78, 5) is 5.92. The smallest absolute Gasteiger partial charge is 0.231 e. The van der Waals surface area contributed by atoms with Crippen molar-refractivity contribution in [1.29, 1.82) is 0 Å². The highest BCUT2D eigenvalue weighted by atomic mass is 16.7. The molecule has 1 aromatic carbocycles. The number of nitrogens with zero attached hydrogens (tertiary/aromatic N) is 1. The molecule has 0 bridgehead atoms. The van der Waals surface area contributed by atoms with Crippen molar-refractivity contribution in [2.24, 2.45) is 0 Å². The van der Waals surface area contributed by atoms with Gasteiger partial charge in [0.25, 0.3) is 0 Å². The zero-order chi connectivity index (χ0) is 14.8. The third-order valence-electron chi connectivity index (χ3n) is 4.69. The molecule has 2 aliphatic heterocycles. The second kappa shape index (κ2) is 5.97. The van der Waals surface area contributed by atoms with Crippen molar-refractivity contribution in [3.05, 3.63) is 53.9 Å². The van der Waals surface area contributed by atoms with Crippen LogP contribution in [0, 0.1) is 0 Å². The van der Waals surface area contributed by atoms with Gasteiger partial charge in [0, 0.05) is 29.9 Å². The Morgan fingerprint density at radius 3 is 3.00 bits per heavy atom. The molecule has 3 heterocycles. The van der Waals surface area contributed by atoms with Gasteiger partial charge in [-0.2, -0.15) is 0 Å². The molecule has 0 amide bonds. The monoisotopic (exact) mass is 297 g/mol. The molecule has 0 saturated carbocycles. The topological polar surface area (TPSA) is 35.8 Å². The number of rotatable bonds is 3. The van der Waals surface area contributed by atoms with Gasteiger partial charge in [0.1, 0.15) is 12.6 Å². The van der Waals surface area contributed by atoms with E-state index in [-0.39, 0.29) is 0 Å². The molecule has 2 aromatic rings. The Morgan fingerprint density at radius 1 is 1.14 bits per heavy atom. The van der Waals surface area contributed by atoms with E-state index in [1.807, 2.05) is 24.5 Å². The van der Waals surface area contributed by atoms with Gasteiger partial charge in [-0.1, -0.05) is 6.07 Å². The molecule has 4 rings (SSSR count). The zero-order valence-electron chi connectivity index (χ0n) is 12.6. The molecule has 22 heavy (non-hydrogen) atoms. The molecule has 0 spiro atoms. The quantitative estimate of drug-likeness (QED) is 0.942. The van der Waals surface area contributed by atoms with Crippen LogP contribution >= 0.6 is 0 Å². The number of hydrogen-bond donors (Lipinski definition) is 1. The van der Waals surface area contributed by atoms with Gasteiger partial charge in [0.05, 0.1) is 6.54 Å². The lowest BCUT2D eigenvalue weighted by Gasteiger charge is -2.32. The number of benzene rings is 1. The van der Waals surface area contributed by atoms with Crippen molar-refractivity contribution in [3.8, 4) is 11.5 Å². The van der Waals surface area contributed by atoms with Gasteiger partial charge in [0.15, 0.2) is 11.5 Å². The van der Waals surface area contributed by atoms with Crippen molar-refractivity contribution >= 4 is 0 Å². The van der Waals surface area contributed by atoms with Crippen LogP contribution in [-0.4, -0.2) is 18.3 Å². The number of pyridine rings is 1.